The van der Waals surface area contributed by atoms with E-state index in [0.717, 1.165) is 28.2 Å². The average molecular weight is 630 g/mol. The Balaban J connectivity index is 0.000000237. The Morgan fingerprint density at radius 3 is 1.73 bits per heavy atom. The molecule has 0 amide bonds. The van der Waals surface area contributed by atoms with Crippen molar-refractivity contribution >= 4 is 82.0 Å². The van der Waals surface area contributed by atoms with E-state index >= 15 is 0 Å². The molecule has 0 spiro atoms. The quantitative estimate of drug-likeness (QED) is 0.108. The van der Waals surface area contributed by atoms with Gasteiger partial charge in [-0.25, -0.2) is 20.0 Å². The van der Waals surface area contributed by atoms with Crippen LogP contribution in [-0.4, -0.2) is 63.9 Å². The molecule has 0 fully saturated rings. The number of thioether (sulfide) groups is 1. The number of ether oxygens (including phenoxy) is 2. The zero-order chi connectivity index (χ0) is 27.6. The largest absolute Gasteiger partial charge is 0.475 e. The van der Waals surface area contributed by atoms with Crippen molar-refractivity contribution in [3.63, 3.8) is 0 Å². The molecule has 8 nitrogen and oxygen atoms in total. The first-order valence-corrected chi connectivity index (χ1v) is 15.0. The summed E-state index contributed by atoms with van der Waals surface area (Å²) in [7, 11) is 0. The second-order valence-corrected chi connectivity index (χ2v) is 11.6. The van der Waals surface area contributed by atoms with Crippen molar-refractivity contribution in [1.29, 1.82) is 0 Å². The lowest BCUT2D eigenvalue weighted by Gasteiger charge is -2.07. The molecule has 14 heteroatoms. The maximum atomic E-state index is 6.09. The fraction of sp³-hybridized carbons (Fsp3) is 0.478. The molecule has 0 radical (unpaired) electrons. The number of rotatable bonds is 6. The predicted molar refractivity (Wildman–Crippen MR) is 155 cm³/mol. The van der Waals surface area contributed by atoms with Crippen LogP contribution in [0.3, 0.4) is 0 Å². The predicted octanol–water partition coefficient (Wildman–Crippen LogP) is 7.31. The van der Waals surface area contributed by atoms with Crippen LogP contribution in [0, 0.1) is 0 Å². The van der Waals surface area contributed by atoms with Crippen molar-refractivity contribution in [2.45, 2.75) is 43.8 Å². The van der Waals surface area contributed by atoms with E-state index < -0.39 is 0 Å². The number of alkyl halides is 2. The Morgan fingerprint density at radius 2 is 1.35 bits per heavy atom. The van der Waals surface area contributed by atoms with E-state index in [1.165, 1.54) is 11.8 Å². The van der Waals surface area contributed by atoms with Crippen molar-refractivity contribution < 1.29 is 18.7 Å². The third-order valence-electron chi connectivity index (χ3n) is 4.42. The summed E-state index contributed by atoms with van der Waals surface area (Å²) in [6, 6.07) is 3.54. The molecule has 204 valence electrons. The smallest absolute Gasteiger partial charge is 0.276 e. The van der Waals surface area contributed by atoms with Crippen LogP contribution in [0.25, 0.3) is 0 Å². The van der Waals surface area contributed by atoms with Crippen LogP contribution in [0.15, 0.2) is 39.5 Å². The molecule has 2 aliphatic rings. The number of nitrogens with zero attached hydrogens (tertiary/aromatic N) is 4. The van der Waals surface area contributed by atoms with E-state index in [4.69, 9.17) is 65.1 Å². The molecule has 2 aromatic rings. The SMILES string of the molecule is CSOOc1ncc(C2=NC(C)(C)CO2)cc1Cl.CSc1ncc(C2=NC(C)(C)CO2)cc1Cl.ClCCl. The highest BCUT2D eigenvalue weighted by atomic mass is 35.5. The molecular weight excluding hydrogens is 602 g/mol. The van der Waals surface area contributed by atoms with Gasteiger partial charge in [-0.2, -0.15) is 0 Å². The Hall–Kier alpha value is -1.14. The van der Waals surface area contributed by atoms with Crippen LogP contribution in [0.1, 0.15) is 38.8 Å². The third-order valence-corrected chi connectivity index (χ3v) is 6.00. The van der Waals surface area contributed by atoms with Crippen molar-refractivity contribution in [2.24, 2.45) is 9.98 Å². The van der Waals surface area contributed by atoms with Crippen molar-refractivity contribution in [1.82, 2.24) is 9.97 Å². The van der Waals surface area contributed by atoms with Gasteiger partial charge in [0.2, 0.25) is 11.8 Å². The fourth-order valence-corrected chi connectivity index (χ4v) is 3.97. The Bertz CT molecular complexity index is 1120. The van der Waals surface area contributed by atoms with Crippen molar-refractivity contribution in [3.8, 4) is 5.88 Å². The topological polar surface area (TPSA) is 87.4 Å². The standard InChI is InChI=1S/C11H13ClN2O3S.C11H13ClN2OS.CH2Cl2/c1-11(2)6-15-9(14-11)7-4-8(12)10(13-5-7)16-17-18-3;1-11(2)6-15-9(14-11)7-4-8(12)10(16-3)13-5-7;2-1-3/h4-5H,6H2,1-3H3;4-5H,6H2,1-3H3;1H2. The highest BCUT2D eigenvalue weighted by molar-refractivity contribution is 7.98. The molecular formula is C23H28Cl4N4O4S2. The average Bonchev–Trinajstić information content (AvgIpc) is 3.40. The van der Waals surface area contributed by atoms with Gasteiger partial charge in [-0.3, -0.25) is 0 Å². The van der Waals surface area contributed by atoms with Gasteiger partial charge in [0, 0.05) is 30.7 Å². The first-order chi connectivity index (χ1) is 17.4. The third kappa shape index (κ3) is 10.2. The van der Waals surface area contributed by atoms with E-state index in [1.54, 1.807) is 24.7 Å². The number of pyridine rings is 2. The molecule has 4 rings (SSSR count). The lowest BCUT2D eigenvalue weighted by molar-refractivity contribution is -0.0816. The second-order valence-electron chi connectivity index (χ2n) is 8.68. The summed E-state index contributed by atoms with van der Waals surface area (Å²) >= 11 is 24.2. The van der Waals surface area contributed by atoms with Gasteiger partial charge in [0.05, 0.1) is 32.6 Å². The lowest BCUT2D eigenvalue weighted by atomic mass is 10.1. The van der Waals surface area contributed by atoms with Gasteiger partial charge >= 0.3 is 0 Å². The molecule has 0 N–H and O–H groups in total. The van der Waals surface area contributed by atoms with Crippen molar-refractivity contribution in [2.75, 3.05) is 31.1 Å². The molecule has 37 heavy (non-hydrogen) atoms. The van der Waals surface area contributed by atoms with Crippen molar-refractivity contribution in [3.05, 3.63) is 45.7 Å². The summed E-state index contributed by atoms with van der Waals surface area (Å²) in [5, 5.41) is 2.00. The number of hydrogen-bond donors (Lipinski definition) is 0. The maximum Gasteiger partial charge on any atom is 0.276 e. The summed E-state index contributed by atoms with van der Waals surface area (Å²) in [6.45, 7) is 9.21. The monoisotopic (exact) mass is 628 g/mol. The van der Waals surface area contributed by atoms with Crippen LogP contribution in [0.5, 0.6) is 5.88 Å². The fourth-order valence-electron chi connectivity index (χ4n) is 2.83. The molecule has 0 atom stereocenters. The lowest BCUT2D eigenvalue weighted by Crippen LogP contribution is -2.17. The number of hydrogen-bond acceptors (Lipinski definition) is 10. The molecule has 4 heterocycles. The highest BCUT2D eigenvalue weighted by Gasteiger charge is 2.28. The summed E-state index contributed by atoms with van der Waals surface area (Å²) in [6.07, 6.45) is 7.01. The van der Waals surface area contributed by atoms with E-state index in [0.29, 0.717) is 35.1 Å². The van der Waals surface area contributed by atoms with Crippen LogP contribution < -0.4 is 4.89 Å². The Kier molecular flexibility index (Phi) is 12.9. The molecule has 0 bridgehead atoms. The van der Waals surface area contributed by atoms with E-state index in [9.17, 15) is 0 Å². The summed E-state index contributed by atoms with van der Waals surface area (Å²) < 4.78 is 15.7. The molecule has 0 saturated carbocycles. The van der Waals surface area contributed by atoms with Gasteiger partial charge in [-0.05, 0) is 46.1 Å². The summed E-state index contributed by atoms with van der Waals surface area (Å²) in [4.78, 5) is 22.1. The van der Waals surface area contributed by atoms with E-state index in [-0.39, 0.29) is 22.3 Å². The molecule has 0 aliphatic carbocycles. The van der Waals surface area contributed by atoms with Gasteiger partial charge < -0.3 is 14.4 Å². The second kappa shape index (κ2) is 14.9. The van der Waals surface area contributed by atoms with Crippen LogP contribution in [-0.2, 0) is 13.8 Å². The molecule has 0 aromatic carbocycles. The molecule has 2 aliphatic heterocycles. The van der Waals surface area contributed by atoms with Crippen LogP contribution >= 0.6 is 70.2 Å². The Labute approximate surface area is 246 Å². The highest BCUT2D eigenvalue weighted by Crippen LogP contribution is 2.28. The van der Waals surface area contributed by atoms with Crippen LogP contribution in [0.4, 0.5) is 0 Å². The first-order valence-electron chi connectivity index (χ1n) is 10.8. The van der Waals surface area contributed by atoms with Gasteiger partial charge in [0.1, 0.15) is 23.3 Å². The number of aliphatic imine (C=N–C) groups is 2. The minimum absolute atomic E-state index is 0.153. The molecule has 0 saturated heterocycles. The zero-order valence-electron chi connectivity index (χ0n) is 21.2. The van der Waals surface area contributed by atoms with Crippen LogP contribution in [0.2, 0.25) is 10.0 Å². The van der Waals surface area contributed by atoms with E-state index in [2.05, 4.69) is 20.0 Å². The summed E-state index contributed by atoms with van der Waals surface area (Å²) in [5.41, 5.74) is 1.20. The normalized spacial score (nSPS) is 16.7. The van der Waals surface area contributed by atoms with Gasteiger partial charge in [0.15, 0.2) is 0 Å². The van der Waals surface area contributed by atoms with Gasteiger partial charge in [-0.15, -0.1) is 39.3 Å². The summed E-state index contributed by atoms with van der Waals surface area (Å²) in [5.74, 6) is 1.39. The van der Waals surface area contributed by atoms with E-state index in [1.807, 2.05) is 40.0 Å². The maximum absolute atomic E-state index is 6.09. The minimum atomic E-state index is -0.209. The first kappa shape index (κ1) is 32.1. The Morgan fingerprint density at radius 1 is 0.865 bits per heavy atom. The number of halogens is 4. The zero-order valence-corrected chi connectivity index (χ0v) is 25.8. The minimum Gasteiger partial charge on any atom is -0.475 e. The number of aromatic nitrogens is 2. The van der Waals surface area contributed by atoms with Gasteiger partial charge in [-0.1, -0.05) is 23.2 Å². The molecule has 2 aromatic heterocycles. The van der Waals surface area contributed by atoms with Gasteiger partial charge in [0.25, 0.3) is 5.88 Å². The molecule has 0 unspecified atom stereocenters.